The minimum Gasteiger partial charge on any atom is -0.507 e. The van der Waals surface area contributed by atoms with E-state index in [9.17, 15) is 19.1 Å². The van der Waals surface area contributed by atoms with Crippen molar-refractivity contribution in [1.82, 2.24) is 0 Å². The zero-order chi connectivity index (χ0) is 26.1. The van der Waals surface area contributed by atoms with Crippen LogP contribution in [-0.4, -0.2) is 16.8 Å². The molecule has 4 aromatic rings. The number of aliphatic hydroxyl groups is 1. The number of carbonyl (C=O) groups excluding carboxylic acids is 2. The number of anilines is 1. The van der Waals surface area contributed by atoms with E-state index in [0.29, 0.717) is 28.3 Å². The summed E-state index contributed by atoms with van der Waals surface area (Å²) in [7, 11) is 0. The fourth-order valence-corrected chi connectivity index (χ4v) is 4.44. The molecule has 5 rings (SSSR count). The van der Waals surface area contributed by atoms with E-state index in [2.05, 4.69) is 0 Å². The van der Waals surface area contributed by atoms with Gasteiger partial charge in [0.2, 0.25) is 0 Å². The van der Waals surface area contributed by atoms with Gasteiger partial charge >= 0.3 is 0 Å². The van der Waals surface area contributed by atoms with Crippen LogP contribution in [0.2, 0.25) is 0 Å². The predicted molar refractivity (Wildman–Crippen MR) is 140 cm³/mol. The van der Waals surface area contributed by atoms with Crippen LogP contribution in [-0.2, 0) is 9.59 Å². The zero-order valence-electron chi connectivity index (χ0n) is 20.3. The summed E-state index contributed by atoms with van der Waals surface area (Å²) in [5.74, 6) is -1.23. The Morgan fingerprint density at radius 1 is 0.838 bits per heavy atom. The molecule has 1 fully saturated rings. The normalized spacial score (nSPS) is 16.7. The lowest BCUT2D eigenvalue weighted by Crippen LogP contribution is -2.29. The number of rotatable bonds is 5. The van der Waals surface area contributed by atoms with Crippen LogP contribution in [0.15, 0.2) is 103 Å². The molecule has 184 valence electrons. The van der Waals surface area contributed by atoms with Crippen LogP contribution in [0, 0.1) is 19.7 Å². The van der Waals surface area contributed by atoms with Crippen LogP contribution in [0.4, 0.5) is 10.1 Å². The number of carbonyl (C=O) groups is 2. The van der Waals surface area contributed by atoms with Gasteiger partial charge in [-0.3, -0.25) is 14.5 Å². The van der Waals surface area contributed by atoms with Crippen LogP contribution in [0.1, 0.15) is 28.3 Å². The molecule has 4 aromatic carbocycles. The molecule has 1 atom stereocenters. The molecule has 1 aliphatic heterocycles. The SMILES string of the molecule is Cc1ccc(N2C(=O)C(=O)/C(=C(\O)c3ccc(F)c(C)c3)C2c2cccc(Oc3ccccc3)c2)cc1. The van der Waals surface area contributed by atoms with Crippen molar-refractivity contribution in [2.75, 3.05) is 4.90 Å². The van der Waals surface area contributed by atoms with Gasteiger partial charge < -0.3 is 9.84 Å². The maximum Gasteiger partial charge on any atom is 0.300 e. The number of aliphatic hydroxyl groups excluding tert-OH is 1. The lowest BCUT2D eigenvalue weighted by Gasteiger charge is -2.26. The molecular formula is C31H24FNO4. The maximum atomic E-state index is 13.9. The number of halogens is 1. The van der Waals surface area contributed by atoms with Crippen molar-refractivity contribution < 1.29 is 23.8 Å². The number of hydrogen-bond donors (Lipinski definition) is 1. The highest BCUT2D eigenvalue weighted by molar-refractivity contribution is 6.51. The molecule has 1 aliphatic rings. The minimum atomic E-state index is -0.924. The number of nitrogens with zero attached hydrogens (tertiary/aromatic N) is 1. The summed E-state index contributed by atoms with van der Waals surface area (Å²) in [5.41, 5.74) is 2.58. The van der Waals surface area contributed by atoms with Gasteiger partial charge in [-0.05, 0) is 79.6 Å². The van der Waals surface area contributed by atoms with Crippen LogP contribution in [0.3, 0.4) is 0 Å². The van der Waals surface area contributed by atoms with Crippen LogP contribution >= 0.6 is 0 Å². The third kappa shape index (κ3) is 4.61. The van der Waals surface area contributed by atoms with Gasteiger partial charge in [0.15, 0.2) is 0 Å². The van der Waals surface area contributed by atoms with Crippen molar-refractivity contribution >= 4 is 23.1 Å². The van der Waals surface area contributed by atoms with E-state index < -0.39 is 23.5 Å². The predicted octanol–water partition coefficient (Wildman–Crippen LogP) is 6.86. The Labute approximate surface area is 214 Å². The largest absolute Gasteiger partial charge is 0.507 e. The molecule has 0 radical (unpaired) electrons. The number of ether oxygens (including phenoxy) is 1. The Bertz CT molecular complexity index is 1530. The first-order chi connectivity index (χ1) is 17.8. The van der Waals surface area contributed by atoms with Gasteiger partial charge in [0.05, 0.1) is 11.6 Å². The molecule has 0 saturated carbocycles. The number of aryl methyl sites for hydroxylation is 2. The first-order valence-corrected chi connectivity index (χ1v) is 11.8. The summed E-state index contributed by atoms with van der Waals surface area (Å²) >= 11 is 0. The first kappa shape index (κ1) is 24.0. The standard InChI is InChI=1S/C31H24FNO4/c1-19-11-14-23(15-12-19)33-28(21-7-6-10-25(18-21)37-24-8-4-3-5-9-24)27(30(35)31(33)36)29(34)22-13-16-26(32)20(2)17-22/h3-18,28,34H,1-2H3/b29-27-. The van der Waals surface area contributed by atoms with Crippen molar-refractivity contribution in [3.63, 3.8) is 0 Å². The average molecular weight is 494 g/mol. The molecular weight excluding hydrogens is 469 g/mol. The van der Waals surface area contributed by atoms with E-state index in [0.717, 1.165) is 5.56 Å². The Kier molecular flexibility index (Phi) is 6.32. The van der Waals surface area contributed by atoms with Gasteiger partial charge in [-0.15, -0.1) is 0 Å². The van der Waals surface area contributed by atoms with E-state index in [1.165, 1.54) is 23.1 Å². The summed E-state index contributed by atoms with van der Waals surface area (Å²) in [5, 5.41) is 11.3. The van der Waals surface area contributed by atoms with E-state index >= 15 is 0 Å². The monoisotopic (exact) mass is 493 g/mol. The summed E-state index contributed by atoms with van der Waals surface area (Å²) < 4.78 is 19.9. The lowest BCUT2D eigenvalue weighted by molar-refractivity contribution is -0.132. The van der Waals surface area contributed by atoms with Crippen molar-refractivity contribution in [3.05, 3.63) is 131 Å². The second-order valence-electron chi connectivity index (χ2n) is 8.96. The molecule has 0 spiro atoms. The van der Waals surface area contributed by atoms with Gasteiger partial charge in [-0.25, -0.2) is 4.39 Å². The fraction of sp³-hybridized carbons (Fsp3) is 0.0968. The molecule has 0 bridgehead atoms. The smallest absolute Gasteiger partial charge is 0.300 e. The molecule has 0 aromatic heterocycles. The Balaban J connectivity index is 1.67. The van der Waals surface area contributed by atoms with Crippen LogP contribution in [0.5, 0.6) is 11.5 Å². The molecule has 0 aliphatic carbocycles. The van der Waals surface area contributed by atoms with Crippen molar-refractivity contribution in [1.29, 1.82) is 0 Å². The molecule has 1 N–H and O–H groups in total. The van der Waals surface area contributed by atoms with E-state index in [1.807, 2.05) is 49.4 Å². The molecule has 1 unspecified atom stereocenters. The Morgan fingerprint density at radius 2 is 1.54 bits per heavy atom. The highest BCUT2D eigenvalue weighted by Gasteiger charge is 2.47. The van der Waals surface area contributed by atoms with E-state index in [1.54, 1.807) is 43.3 Å². The van der Waals surface area contributed by atoms with Crippen molar-refractivity contribution in [3.8, 4) is 11.5 Å². The maximum absolute atomic E-state index is 13.9. The highest BCUT2D eigenvalue weighted by Crippen LogP contribution is 2.43. The third-order valence-corrected chi connectivity index (χ3v) is 6.34. The summed E-state index contributed by atoms with van der Waals surface area (Å²) in [6.45, 7) is 3.50. The number of hydrogen-bond acceptors (Lipinski definition) is 4. The number of ketones is 1. The number of amides is 1. The molecule has 37 heavy (non-hydrogen) atoms. The fourth-order valence-electron chi connectivity index (χ4n) is 4.44. The van der Waals surface area contributed by atoms with E-state index in [4.69, 9.17) is 4.74 Å². The average Bonchev–Trinajstić information content (AvgIpc) is 3.17. The molecule has 6 heteroatoms. The quantitative estimate of drug-likeness (QED) is 0.187. The van der Waals surface area contributed by atoms with Gasteiger partial charge in [0, 0.05) is 11.3 Å². The van der Waals surface area contributed by atoms with Gasteiger partial charge in [0.1, 0.15) is 23.1 Å². The second kappa shape index (κ2) is 9.74. The number of Topliss-reactive ketones (excluding diaryl/α,β-unsaturated/α-hetero) is 1. The number of para-hydroxylation sites is 1. The van der Waals surface area contributed by atoms with Gasteiger partial charge in [-0.2, -0.15) is 0 Å². The first-order valence-electron chi connectivity index (χ1n) is 11.8. The summed E-state index contributed by atoms with van der Waals surface area (Å²) in [4.78, 5) is 28.1. The molecule has 5 nitrogen and oxygen atoms in total. The highest BCUT2D eigenvalue weighted by atomic mass is 19.1. The van der Waals surface area contributed by atoms with Gasteiger partial charge in [-0.1, -0.05) is 48.0 Å². The van der Waals surface area contributed by atoms with Gasteiger partial charge in [0.25, 0.3) is 11.7 Å². The number of benzene rings is 4. The van der Waals surface area contributed by atoms with E-state index in [-0.39, 0.29) is 16.9 Å². The van der Waals surface area contributed by atoms with Crippen LogP contribution in [0.25, 0.3) is 5.76 Å². The third-order valence-electron chi connectivity index (χ3n) is 6.34. The molecule has 1 heterocycles. The molecule has 1 saturated heterocycles. The summed E-state index contributed by atoms with van der Waals surface area (Å²) in [6, 6.07) is 26.7. The minimum absolute atomic E-state index is 0.0755. The zero-order valence-corrected chi connectivity index (χ0v) is 20.3. The topological polar surface area (TPSA) is 66.8 Å². The Morgan fingerprint density at radius 3 is 2.24 bits per heavy atom. The van der Waals surface area contributed by atoms with Crippen LogP contribution < -0.4 is 9.64 Å². The molecule has 1 amide bonds. The Hall–Kier alpha value is -4.71. The second-order valence-corrected chi connectivity index (χ2v) is 8.96. The van der Waals surface area contributed by atoms with Crippen molar-refractivity contribution in [2.24, 2.45) is 0 Å². The summed E-state index contributed by atoms with van der Waals surface area (Å²) in [6.07, 6.45) is 0. The van der Waals surface area contributed by atoms with Crippen molar-refractivity contribution in [2.45, 2.75) is 19.9 Å². The lowest BCUT2D eigenvalue weighted by atomic mass is 9.94.